The first-order chi connectivity index (χ1) is 12.5. The molecule has 132 valence electrons. The number of anilines is 3. The highest BCUT2D eigenvalue weighted by Gasteiger charge is 2.10. The van der Waals surface area contributed by atoms with Crippen LogP contribution in [0.3, 0.4) is 0 Å². The van der Waals surface area contributed by atoms with Crippen molar-refractivity contribution < 1.29 is 4.79 Å². The molecule has 0 unspecified atom stereocenters. The van der Waals surface area contributed by atoms with Crippen molar-refractivity contribution in [3.8, 4) is 0 Å². The SMILES string of the molecule is CCc1ccc(NC(=O)c2ccnc(Nc3ccc(Cl)c(Cl)c3)n2)cc1. The minimum Gasteiger partial charge on any atom is -0.324 e. The van der Waals surface area contributed by atoms with Gasteiger partial charge < -0.3 is 10.6 Å². The molecule has 5 nitrogen and oxygen atoms in total. The van der Waals surface area contributed by atoms with Gasteiger partial charge in [-0.25, -0.2) is 9.97 Å². The van der Waals surface area contributed by atoms with E-state index in [9.17, 15) is 4.79 Å². The van der Waals surface area contributed by atoms with E-state index >= 15 is 0 Å². The van der Waals surface area contributed by atoms with Crippen LogP contribution in [-0.4, -0.2) is 15.9 Å². The lowest BCUT2D eigenvalue weighted by atomic mass is 10.1. The van der Waals surface area contributed by atoms with Crippen LogP contribution in [0.5, 0.6) is 0 Å². The second-order valence-electron chi connectivity index (χ2n) is 5.52. The molecule has 0 fully saturated rings. The second-order valence-corrected chi connectivity index (χ2v) is 6.34. The Morgan fingerprint density at radius 3 is 2.42 bits per heavy atom. The number of halogens is 2. The average molecular weight is 387 g/mol. The number of hydrogen-bond acceptors (Lipinski definition) is 4. The molecule has 0 spiro atoms. The van der Waals surface area contributed by atoms with Crippen LogP contribution < -0.4 is 10.6 Å². The molecule has 0 saturated carbocycles. The predicted molar refractivity (Wildman–Crippen MR) is 106 cm³/mol. The van der Waals surface area contributed by atoms with Gasteiger partial charge in [-0.1, -0.05) is 42.3 Å². The Hall–Kier alpha value is -2.63. The van der Waals surface area contributed by atoms with E-state index in [2.05, 4.69) is 27.5 Å². The first kappa shape index (κ1) is 18.2. The summed E-state index contributed by atoms with van der Waals surface area (Å²) in [5.74, 6) is -0.0220. The fourth-order valence-electron chi connectivity index (χ4n) is 2.27. The summed E-state index contributed by atoms with van der Waals surface area (Å²) >= 11 is 11.9. The van der Waals surface area contributed by atoms with Crippen LogP contribution in [0.1, 0.15) is 23.0 Å². The van der Waals surface area contributed by atoms with Crippen LogP contribution in [0.4, 0.5) is 17.3 Å². The lowest BCUT2D eigenvalue weighted by Crippen LogP contribution is -2.14. The molecule has 0 bridgehead atoms. The summed E-state index contributed by atoms with van der Waals surface area (Å²) in [6.07, 6.45) is 2.46. The molecule has 0 saturated heterocycles. The highest BCUT2D eigenvalue weighted by Crippen LogP contribution is 2.26. The molecule has 7 heteroatoms. The molecule has 3 rings (SSSR count). The Kier molecular flexibility index (Phi) is 5.71. The van der Waals surface area contributed by atoms with Crippen molar-refractivity contribution in [1.29, 1.82) is 0 Å². The fourth-order valence-corrected chi connectivity index (χ4v) is 2.57. The smallest absolute Gasteiger partial charge is 0.274 e. The largest absolute Gasteiger partial charge is 0.324 e. The molecule has 0 aliphatic rings. The topological polar surface area (TPSA) is 66.9 Å². The Morgan fingerprint density at radius 1 is 1.00 bits per heavy atom. The van der Waals surface area contributed by atoms with Gasteiger partial charge in [-0.15, -0.1) is 0 Å². The summed E-state index contributed by atoms with van der Waals surface area (Å²) in [5.41, 5.74) is 2.84. The summed E-state index contributed by atoms with van der Waals surface area (Å²) in [6.45, 7) is 2.08. The molecule has 2 aromatic carbocycles. The molecule has 26 heavy (non-hydrogen) atoms. The molecular weight excluding hydrogens is 371 g/mol. The first-order valence-electron chi connectivity index (χ1n) is 8.00. The maximum absolute atomic E-state index is 12.4. The van der Waals surface area contributed by atoms with E-state index in [4.69, 9.17) is 23.2 Å². The molecule has 0 radical (unpaired) electrons. The van der Waals surface area contributed by atoms with E-state index in [1.165, 1.54) is 11.8 Å². The van der Waals surface area contributed by atoms with Crippen molar-refractivity contribution in [3.63, 3.8) is 0 Å². The highest BCUT2D eigenvalue weighted by molar-refractivity contribution is 6.42. The van der Waals surface area contributed by atoms with E-state index < -0.39 is 0 Å². The molecule has 1 aromatic heterocycles. The minimum atomic E-state index is -0.311. The Bertz CT molecular complexity index is 929. The van der Waals surface area contributed by atoms with Gasteiger partial charge in [-0.3, -0.25) is 4.79 Å². The van der Waals surface area contributed by atoms with Gasteiger partial charge in [-0.2, -0.15) is 0 Å². The number of nitrogens with one attached hydrogen (secondary N) is 2. The summed E-state index contributed by atoms with van der Waals surface area (Å²) in [7, 11) is 0. The zero-order chi connectivity index (χ0) is 18.5. The van der Waals surface area contributed by atoms with Gasteiger partial charge in [0.05, 0.1) is 10.0 Å². The first-order valence-corrected chi connectivity index (χ1v) is 8.76. The van der Waals surface area contributed by atoms with Gasteiger partial charge >= 0.3 is 0 Å². The van der Waals surface area contributed by atoms with Gasteiger partial charge in [0.1, 0.15) is 5.69 Å². The number of hydrogen-bond donors (Lipinski definition) is 2. The predicted octanol–water partition coefficient (Wildman–Crippen LogP) is 5.34. The Labute approximate surface area is 161 Å². The van der Waals surface area contributed by atoms with Gasteiger partial charge in [0, 0.05) is 17.6 Å². The van der Waals surface area contributed by atoms with Crippen LogP contribution in [0, 0.1) is 0 Å². The third-order valence-electron chi connectivity index (χ3n) is 3.68. The maximum atomic E-state index is 12.4. The van der Waals surface area contributed by atoms with E-state index in [0.717, 1.165) is 6.42 Å². The van der Waals surface area contributed by atoms with Crippen molar-refractivity contribution in [1.82, 2.24) is 9.97 Å². The molecule has 2 N–H and O–H groups in total. The van der Waals surface area contributed by atoms with Crippen LogP contribution in [0.2, 0.25) is 10.0 Å². The minimum absolute atomic E-state index is 0.252. The van der Waals surface area contributed by atoms with Crippen LogP contribution in [-0.2, 0) is 6.42 Å². The van der Waals surface area contributed by atoms with Crippen LogP contribution in [0.25, 0.3) is 0 Å². The monoisotopic (exact) mass is 386 g/mol. The average Bonchev–Trinajstić information content (AvgIpc) is 2.65. The van der Waals surface area contributed by atoms with E-state index in [1.54, 1.807) is 24.3 Å². The number of aromatic nitrogens is 2. The number of carbonyl (C=O) groups excluding carboxylic acids is 1. The highest BCUT2D eigenvalue weighted by atomic mass is 35.5. The lowest BCUT2D eigenvalue weighted by Gasteiger charge is -2.08. The zero-order valence-corrected chi connectivity index (χ0v) is 15.5. The molecule has 1 heterocycles. The molecule has 0 aliphatic heterocycles. The zero-order valence-electron chi connectivity index (χ0n) is 14.0. The fraction of sp³-hybridized carbons (Fsp3) is 0.105. The molecule has 0 atom stereocenters. The molecule has 1 amide bonds. The Balaban J connectivity index is 1.73. The van der Waals surface area contributed by atoms with Gasteiger partial charge in [0.2, 0.25) is 5.95 Å². The Morgan fingerprint density at radius 2 is 1.73 bits per heavy atom. The summed E-state index contributed by atoms with van der Waals surface area (Å²) in [5, 5.41) is 6.70. The molecule has 3 aromatic rings. The van der Waals surface area contributed by atoms with Crippen molar-refractivity contribution in [3.05, 3.63) is 76.0 Å². The van der Waals surface area contributed by atoms with Crippen LogP contribution in [0.15, 0.2) is 54.7 Å². The number of benzene rings is 2. The summed E-state index contributed by atoms with van der Waals surface area (Å²) in [4.78, 5) is 20.8. The van der Waals surface area contributed by atoms with Gasteiger partial charge in [0.25, 0.3) is 5.91 Å². The number of aryl methyl sites for hydroxylation is 1. The van der Waals surface area contributed by atoms with Crippen molar-refractivity contribution in [2.75, 3.05) is 10.6 Å². The third-order valence-corrected chi connectivity index (χ3v) is 4.42. The third kappa shape index (κ3) is 4.50. The number of nitrogens with zero attached hydrogens (tertiary/aromatic N) is 2. The number of amides is 1. The molecular formula is C19H16Cl2N4O. The van der Waals surface area contributed by atoms with Crippen molar-refractivity contribution in [2.45, 2.75) is 13.3 Å². The quantitative estimate of drug-likeness (QED) is 0.620. The van der Waals surface area contributed by atoms with E-state index in [1.807, 2.05) is 24.3 Å². The van der Waals surface area contributed by atoms with Gasteiger partial charge in [-0.05, 0) is 48.4 Å². The second kappa shape index (κ2) is 8.17. The summed E-state index contributed by atoms with van der Waals surface area (Å²) < 4.78 is 0. The number of carbonyl (C=O) groups is 1. The normalized spacial score (nSPS) is 10.4. The van der Waals surface area contributed by atoms with E-state index in [-0.39, 0.29) is 17.5 Å². The van der Waals surface area contributed by atoms with Crippen molar-refractivity contribution in [2.24, 2.45) is 0 Å². The number of rotatable bonds is 5. The van der Waals surface area contributed by atoms with Crippen LogP contribution >= 0.6 is 23.2 Å². The van der Waals surface area contributed by atoms with Gasteiger partial charge in [0.15, 0.2) is 0 Å². The maximum Gasteiger partial charge on any atom is 0.274 e. The lowest BCUT2D eigenvalue weighted by molar-refractivity contribution is 0.102. The van der Waals surface area contributed by atoms with E-state index in [0.29, 0.717) is 21.4 Å². The summed E-state index contributed by atoms with van der Waals surface area (Å²) in [6, 6.07) is 14.3. The van der Waals surface area contributed by atoms with Crippen molar-refractivity contribution >= 4 is 46.4 Å². The standard InChI is InChI=1S/C19H16Cl2N4O/c1-2-12-3-5-13(6-4-12)23-18(26)17-9-10-22-19(25-17)24-14-7-8-15(20)16(21)11-14/h3-11H,2H2,1H3,(H,23,26)(H,22,24,25). The molecule has 0 aliphatic carbocycles.